The van der Waals surface area contributed by atoms with Crippen molar-refractivity contribution in [3.05, 3.63) is 60.0 Å². The van der Waals surface area contributed by atoms with Gasteiger partial charge >= 0.3 is 0 Å². The van der Waals surface area contributed by atoms with E-state index >= 15 is 0 Å². The summed E-state index contributed by atoms with van der Waals surface area (Å²) in [5, 5.41) is 1.05. The molecule has 0 saturated carbocycles. The highest BCUT2D eigenvalue weighted by atomic mass is 16.3. The van der Waals surface area contributed by atoms with Crippen LogP contribution in [-0.4, -0.2) is 18.1 Å². The van der Waals surface area contributed by atoms with E-state index in [1.807, 2.05) is 12.1 Å². The Bertz CT molecular complexity index is 780. The molecule has 4 rings (SSSR count). The van der Waals surface area contributed by atoms with Gasteiger partial charge in [0.2, 0.25) is 0 Å². The summed E-state index contributed by atoms with van der Waals surface area (Å²) in [5.74, 6) is 0.964. The number of furan rings is 1. The largest absolute Gasteiger partial charge is 0.464 e. The minimum Gasteiger partial charge on any atom is -0.464 e. The fourth-order valence-electron chi connectivity index (χ4n) is 3.27. The van der Waals surface area contributed by atoms with E-state index in [1.165, 1.54) is 11.1 Å². The molecule has 1 unspecified atom stereocenters. The second kappa shape index (κ2) is 4.90. The first-order chi connectivity index (χ1) is 10.4. The van der Waals surface area contributed by atoms with Gasteiger partial charge in [0.05, 0.1) is 17.7 Å². The molecule has 1 aromatic carbocycles. The summed E-state index contributed by atoms with van der Waals surface area (Å²) in [5.41, 5.74) is 9.65. The summed E-state index contributed by atoms with van der Waals surface area (Å²) in [6, 6.07) is 12.6. The molecule has 106 valence electrons. The summed E-state index contributed by atoms with van der Waals surface area (Å²) in [6.07, 6.45) is 4.53. The number of hydrogen-bond donors (Lipinski definition) is 1. The Hall–Kier alpha value is -2.33. The number of rotatable bonds is 2. The number of aromatic nitrogens is 1. The monoisotopic (exact) mass is 279 g/mol. The highest BCUT2D eigenvalue weighted by molar-refractivity contribution is 5.88. The van der Waals surface area contributed by atoms with E-state index in [0.29, 0.717) is 6.54 Å². The van der Waals surface area contributed by atoms with Crippen molar-refractivity contribution in [3.63, 3.8) is 0 Å². The number of hydrogen-bond acceptors (Lipinski definition) is 4. The van der Waals surface area contributed by atoms with Gasteiger partial charge in [-0.15, -0.1) is 0 Å². The third kappa shape index (κ3) is 1.91. The lowest BCUT2D eigenvalue weighted by molar-refractivity contribution is 0.585. The van der Waals surface area contributed by atoms with E-state index in [1.54, 1.807) is 12.5 Å². The number of anilines is 1. The molecular formula is C17H17N3O. The molecule has 0 amide bonds. The molecule has 4 heteroatoms. The van der Waals surface area contributed by atoms with Gasteiger partial charge in [-0.3, -0.25) is 0 Å². The standard InChI is InChI=1S/C17H17N3O/c18-11-15-13-4-2-1-3-12(13)6-9-20(15)17-14-7-10-21-16(14)5-8-19-17/h1-5,7-8,10,15H,6,9,11,18H2. The van der Waals surface area contributed by atoms with Crippen molar-refractivity contribution < 1.29 is 4.42 Å². The zero-order valence-corrected chi connectivity index (χ0v) is 11.7. The fourth-order valence-corrected chi connectivity index (χ4v) is 3.27. The third-order valence-corrected chi connectivity index (χ3v) is 4.27. The molecule has 4 nitrogen and oxygen atoms in total. The van der Waals surface area contributed by atoms with Crippen LogP contribution in [0.3, 0.4) is 0 Å². The Morgan fingerprint density at radius 2 is 2.14 bits per heavy atom. The Balaban J connectivity index is 1.84. The fraction of sp³-hybridized carbons (Fsp3) is 0.235. The summed E-state index contributed by atoms with van der Waals surface area (Å²) in [7, 11) is 0. The third-order valence-electron chi connectivity index (χ3n) is 4.27. The highest BCUT2D eigenvalue weighted by Crippen LogP contribution is 2.35. The van der Waals surface area contributed by atoms with Crippen molar-refractivity contribution in [2.75, 3.05) is 18.0 Å². The normalized spacial score (nSPS) is 18.0. The molecule has 21 heavy (non-hydrogen) atoms. The van der Waals surface area contributed by atoms with Gasteiger partial charge in [0, 0.05) is 19.3 Å². The lowest BCUT2D eigenvalue weighted by atomic mass is 9.92. The summed E-state index contributed by atoms with van der Waals surface area (Å²) in [6.45, 7) is 1.50. The van der Waals surface area contributed by atoms with Crippen molar-refractivity contribution in [2.24, 2.45) is 5.73 Å². The van der Waals surface area contributed by atoms with Crippen LogP contribution in [0.5, 0.6) is 0 Å². The molecule has 2 N–H and O–H groups in total. The molecule has 0 spiro atoms. The van der Waals surface area contributed by atoms with Gasteiger partial charge < -0.3 is 15.1 Å². The second-order valence-electron chi connectivity index (χ2n) is 5.36. The molecule has 1 aliphatic rings. The van der Waals surface area contributed by atoms with E-state index in [9.17, 15) is 0 Å². The van der Waals surface area contributed by atoms with Crippen LogP contribution in [0.2, 0.25) is 0 Å². The predicted molar refractivity (Wildman–Crippen MR) is 83.3 cm³/mol. The van der Waals surface area contributed by atoms with Crippen LogP contribution < -0.4 is 10.6 Å². The van der Waals surface area contributed by atoms with Crippen LogP contribution in [0.25, 0.3) is 11.0 Å². The van der Waals surface area contributed by atoms with E-state index in [4.69, 9.17) is 10.2 Å². The van der Waals surface area contributed by atoms with Gasteiger partial charge in [0.25, 0.3) is 0 Å². The maximum atomic E-state index is 6.07. The molecule has 0 bridgehead atoms. The van der Waals surface area contributed by atoms with Gasteiger partial charge in [-0.25, -0.2) is 4.98 Å². The molecule has 2 aromatic heterocycles. The van der Waals surface area contributed by atoms with Gasteiger partial charge in [-0.2, -0.15) is 0 Å². The SMILES string of the molecule is NCC1c2ccccc2CCN1c1nccc2occc12. The van der Waals surface area contributed by atoms with E-state index < -0.39 is 0 Å². The second-order valence-corrected chi connectivity index (χ2v) is 5.36. The van der Waals surface area contributed by atoms with Crippen LogP contribution >= 0.6 is 0 Å². The van der Waals surface area contributed by atoms with Crippen molar-refractivity contribution >= 4 is 16.8 Å². The zero-order valence-electron chi connectivity index (χ0n) is 11.7. The van der Waals surface area contributed by atoms with Crippen LogP contribution in [0.15, 0.2) is 53.3 Å². The molecule has 1 atom stereocenters. The van der Waals surface area contributed by atoms with Crippen LogP contribution in [0.4, 0.5) is 5.82 Å². The Morgan fingerprint density at radius 3 is 3.05 bits per heavy atom. The van der Waals surface area contributed by atoms with Crippen LogP contribution in [0.1, 0.15) is 17.2 Å². The van der Waals surface area contributed by atoms with Gasteiger partial charge in [0.1, 0.15) is 11.4 Å². The van der Waals surface area contributed by atoms with E-state index in [-0.39, 0.29) is 6.04 Å². The first-order valence-electron chi connectivity index (χ1n) is 7.25. The first kappa shape index (κ1) is 12.4. The molecule has 0 saturated heterocycles. The maximum absolute atomic E-state index is 6.07. The van der Waals surface area contributed by atoms with Crippen LogP contribution in [0, 0.1) is 0 Å². The maximum Gasteiger partial charge on any atom is 0.140 e. The Morgan fingerprint density at radius 1 is 1.24 bits per heavy atom. The smallest absolute Gasteiger partial charge is 0.140 e. The molecule has 3 heterocycles. The molecule has 0 radical (unpaired) electrons. The Labute approximate surface area is 123 Å². The highest BCUT2D eigenvalue weighted by Gasteiger charge is 2.28. The van der Waals surface area contributed by atoms with Crippen molar-refractivity contribution in [3.8, 4) is 0 Å². The first-order valence-corrected chi connectivity index (χ1v) is 7.25. The van der Waals surface area contributed by atoms with Crippen molar-refractivity contribution in [1.29, 1.82) is 0 Å². The zero-order chi connectivity index (χ0) is 14.2. The molecular weight excluding hydrogens is 262 g/mol. The molecule has 3 aromatic rings. The van der Waals surface area contributed by atoms with Gasteiger partial charge in [-0.05, 0) is 29.7 Å². The topological polar surface area (TPSA) is 55.3 Å². The summed E-state index contributed by atoms with van der Waals surface area (Å²) >= 11 is 0. The van der Waals surface area contributed by atoms with E-state index in [0.717, 1.165) is 29.8 Å². The average Bonchev–Trinajstić information content (AvgIpc) is 3.02. The lowest BCUT2D eigenvalue weighted by Crippen LogP contribution is -2.39. The average molecular weight is 279 g/mol. The number of nitrogens with two attached hydrogens (primary N) is 1. The quantitative estimate of drug-likeness (QED) is 0.783. The summed E-state index contributed by atoms with van der Waals surface area (Å²) < 4.78 is 5.49. The number of pyridine rings is 1. The van der Waals surface area contributed by atoms with Gasteiger partial charge in [-0.1, -0.05) is 24.3 Å². The van der Waals surface area contributed by atoms with Crippen molar-refractivity contribution in [1.82, 2.24) is 4.98 Å². The number of fused-ring (bicyclic) bond motifs is 2. The van der Waals surface area contributed by atoms with Gasteiger partial charge in [0.15, 0.2) is 0 Å². The molecule has 1 aliphatic heterocycles. The minimum atomic E-state index is 0.169. The Kier molecular flexibility index (Phi) is 2.89. The van der Waals surface area contributed by atoms with Crippen LogP contribution in [-0.2, 0) is 6.42 Å². The lowest BCUT2D eigenvalue weighted by Gasteiger charge is -2.37. The van der Waals surface area contributed by atoms with E-state index in [2.05, 4.69) is 34.1 Å². The minimum absolute atomic E-state index is 0.169. The molecule has 0 aliphatic carbocycles. The number of nitrogens with zero attached hydrogens (tertiary/aromatic N) is 2. The van der Waals surface area contributed by atoms with Crippen molar-refractivity contribution in [2.45, 2.75) is 12.5 Å². The molecule has 0 fully saturated rings. The predicted octanol–water partition coefficient (Wildman–Crippen LogP) is 2.89. The number of benzene rings is 1. The summed E-state index contributed by atoms with van der Waals surface area (Å²) in [4.78, 5) is 6.89.